The van der Waals surface area contributed by atoms with Crippen molar-refractivity contribution in [3.63, 3.8) is 0 Å². The zero-order valence-corrected chi connectivity index (χ0v) is 10.0. The SMILES string of the molecule is CCOC(=O)C(C#N)C(C)(C[N+](=O)[O-])C1CC1. The number of nitro groups is 1. The van der Waals surface area contributed by atoms with Crippen LogP contribution >= 0.6 is 0 Å². The molecule has 0 N–H and O–H groups in total. The summed E-state index contributed by atoms with van der Waals surface area (Å²) in [4.78, 5) is 21.9. The smallest absolute Gasteiger partial charge is 0.324 e. The quantitative estimate of drug-likeness (QED) is 0.397. The highest BCUT2D eigenvalue weighted by molar-refractivity contribution is 5.76. The van der Waals surface area contributed by atoms with Crippen LogP contribution < -0.4 is 0 Å². The second-order valence-corrected chi connectivity index (χ2v) is 4.59. The molecule has 1 rings (SSSR count). The molecule has 0 heterocycles. The third kappa shape index (κ3) is 2.93. The van der Waals surface area contributed by atoms with Gasteiger partial charge in [-0.3, -0.25) is 14.9 Å². The molecule has 0 saturated heterocycles. The molecule has 2 unspecified atom stereocenters. The van der Waals surface area contributed by atoms with Crippen LogP contribution in [0, 0.1) is 38.7 Å². The molecule has 6 heteroatoms. The highest BCUT2D eigenvalue weighted by atomic mass is 16.6. The van der Waals surface area contributed by atoms with Crippen molar-refractivity contribution in [3.05, 3.63) is 10.1 Å². The van der Waals surface area contributed by atoms with Crippen molar-refractivity contribution in [1.82, 2.24) is 0 Å². The van der Waals surface area contributed by atoms with Crippen LogP contribution in [0.3, 0.4) is 0 Å². The van der Waals surface area contributed by atoms with E-state index in [0.717, 1.165) is 12.8 Å². The van der Waals surface area contributed by atoms with Crippen LogP contribution in [0.15, 0.2) is 0 Å². The van der Waals surface area contributed by atoms with Gasteiger partial charge in [0.25, 0.3) is 0 Å². The minimum atomic E-state index is -1.06. The lowest BCUT2D eigenvalue weighted by molar-refractivity contribution is -0.499. The molecule has 0 radical (unpaired) electrons. The van der Waals surface area contributed by atoms with Gasteiger partial charge in [-0.25, -0.2) is 0 Å². The van der Waals surface area contributed by atoms with E-state index in [1.54, 1.807) is 13.8 Å². The average Bonchev–Trinajstić information content (AvgIpc) is 3.00. The van der Waals surface area contributed by atoms with E-state index in [9.17, 15) is 14.9 Å². The summed E-state index contributed by atoms with van der Waals surface area (Å²) in [6.45, 7) is 3.09. The molecule has 1 aliphatic rings. The van der Waals surface area contributed by atoms with Gasteiger partial charge in [-0.2, -0.15) is 5.26 Å². The zero-order chi connectivity index (χ0) is 13.1. The van der Waals surface area contributed by atoms with Crippen LogP contribution in [0.5, 0.6) is 0 Å². The van der Waals surface area contributed by atoms with Gasteiger partial charge < -0.3 is 4.74 Å². The molecule has 0 bridgehead atoms. The predicted molar refractivity (Wildman–Crippen MR) is 58.4 cm³/mol. The van der Waals surface area contributed by atoms with Crippen molar-refractivity contribution in [1.29, 1.82) is 5.26 Å². The summed E-state index contributed by atoms with van der Waals surface area (Å²) in [5.41, 5.74) is -0.912. The van der Waals surface area contributed by atoms with Gasteiger partial charge >= 0.3 is 5.97 Å². The van der Waals surface area contributed by atoms with Crippen LogP contribution in [0.2, 0.25) is 0 Å². The molecule has 0 aromatic heterocycles. The third-order valence-corrected chi connectivity index (χ3v) is 3.29. The van der Waals surface area contributed by atoms with Gasteiger partial charge in [-0.15, -0.1) is 0 Å². The Morgan fingerprint density at radius 3 is 2.65 bits per heavy atom. The minimum Gasteiger partial charge on any atom is -0.465 e. The molecule has 94 valence electrons. The van der Waals surface area contributed by atoms with Gasteiger partial charge in [-0.05, 0) is 25.7 Å². The molecule has 0 spiro atoms. The number of hydrogen-bond donors (Lipinski definition) is 0. The Kier molecular flexibility index (Phi) is 4.05. The zero-order valence-electron chi connectivity index (χ0n) is 10.0. The summed E-state index contributed by atoms with van der Waals surface area (Å²) >= 11 is 0. The Labute approximate surface area is 99.7 Å². The molecular weight excluding hydrogens is 224 g/mol. The predicted octanol–water partition coefficient (Wildman–Crippen LogP) is 1.38. The summed E-state index contributed by atoms with van der Waals surface area (Å²) in [7, 11) is 0. The first kappa shape index (κ1) is 13.4. The Morgan fingerprint density at radius 1 is 1.71 bits per heavy atom. The Balaban J connectivity index is 2.91. The third-order valence-electron chi connectivity index (χ3n) is 3.29. The maximum Gasteiger partial charge on any atom is 0.324 e. The fourth-order valence-electron chi connectivity index (χ4n) is 2.17. The van der Waals surface area contributed by atoms with Gasteiger partial charge in [0, 0.05) is 4.92 Å². The number of nitriles is 1. The molecule has 0 aromatic rings. The fourth-order valence-corrected chi connectivity index (χ4v) is 2.17. The Morgan fingerprint density at radius 2 is 2.29 bits per heavy atom. The van der Waals surface area contributed by atoms with Gasteiger partial charge in [0.05, 0.1) is 18.1 Å². The van der Waals surface area contributed by atoms with Crippen LogP contribution in [0.4, 0.5) is 0 Å². The summed E-state index contributed by atoms with van der Waals surface area (Å²) in [6, 6.07) is 1.87. The van der Waals surface area contributed by atoms with Gasteiger partial charge in [0.1, 0.15) is 0 Å². The molecule has 1 aliphatic carbocycles. The second-order valence-electron chi connectivity index (χ2n) is 4.59. The number of hydrogen-bond acceptors (Lipinski definition) is 5. The normalized spacial score (nSPS) is 19.8. The molecule has 0 amide bonds. The van der Waals surface area contributed by atoms with E-state index in [0.29, 0.717) is 0 Å². The number of ether oxygens (including phenoxy) is 1. The first-order valence-electron chi connectivity index (χ1n) is 5.63. The average molecular weight is 240 g/mol. The fraction of sp³-hybridized carbons (Fsp3) is 0.818. The first-order chi connectivity index (χ1) is 7.95. The van der Waals surface area contributed by atoms with E-state index in [4.69, 9.17) is 10.00 Å². The highest BCUT2D eigenvalue weighted by Crippen LogP contribution is 2.50. The number of carbonyl (C=O) groups excluding carboxylic acids is 1. The largest absolute Gasteiger partial charge is 0.465 e. The van der Waals surface area contributed by atoms with Crippen molar-refractivity contribution in [2.45, 2.75) is 26.7 Å². The van der Waals surface area contributed by atoms with E-state index in [-0.39, 0.29) is 19.1 Å². The maximum absolute atomic E-state index is 11.7. The van der Waals surface area contributed by atoms with Crippen molar-refractivity contribution in [2.75, 3.05) is 13.2 Å². The lowest BCUT2D eigenvalue weighted by Gasteiger charge is -2.28. The number of rotatable bonds is 6. The second kappa shape index (κ2) is 5.13. The molecule has 1 saturated carbocycles. The van der Waals surface area contributed by atoms with Crippen molar-refractivity contribution < 1.29 is 14.5 Å². The van der Waals surface area contributed by atoms with Crippen LogP contribution in [0.25, 0.3) is 0 Å². The standard InChI is InChI=1S/C11H16N2O4/c1-3-17-10(14)9(6-12)11(2,7-13(15)16)8-4-5-8/h8-9H,3-5,7H2,1-2H3. The monoisotopic (exact) mass is 240 g/mol. The number of nitrogens with zero attached hydrogens (tertiary/aromatic N) is 2. The van der Waals surface area contributed by atoms with Gasteiger partial charge in [0.15, 0.2) is 5.92 Å². The topological polar surface area (TPSA) is 93.2 Å². The van der Waals surface area contributed by atoms with Crippen LogP contribution in [-0.2, 0) is 9.53 Å². The highest BCUT2D eigenvalue weighted by Gasteiger charge is 2.54. The summed E-state index contributed by atoms with van der Waals surface area (Å²) in [6.07, 6.45) is 1.67. The van der Waals surface area contributed by atoms with Crippen LogP contribution in [-0.4, -0.2) is 24.0 Å². The van der Waals surface area contributed by atoms with E-state index in [2.05, 4.69) is 0 Å². The van der Waals surface area contributed by atoms with Crippen molar-refractivity contribution in [3.8, 4) is 6.07 Å². The Bertz CT molecular complexity index is 359. The molecule has 2 atom stereocenters. The molecule has 0 aromatic carbocycles. The van der Waals surface area contributed by atoms with E-state index < -0.39 is 22.2 Å². The molecule has 17 heavy (non-hydrogen) atoms. The van der Waals surface area contributed by atoms with E-state index >= 15 is 0 Å². The molecule has 1 fully saturated rings. The molecule has 6 nitrogen and oxygen atoms in total. The van der Waals surface area contributed by atoms with Crippen LogP contribution in [0.1, 0.15) is 26.7 Å². The van der Waals surface area contributed by atoms with E-state index in [1.807, 2.05) is 6.07 Å². The first-order valence-corrected chi connectivity index (χ1v) is 5.63. The number of carbonyl (C=O) groups is 1. The summed E-state index contributed by atoms with van der Waals surface area (Å²) in [5, 5.41) is 19.8. The summed E-state index contributed by atoms with van der Waals surface area (Å²) in [5.74, 6) is -1.63. The van der Waals surface area contributed by atoms with Crippen molar-refractivity contribution in [2.24, 2.45) is 17.3 Å². The minimum absolute atomic E-state index is 0.0713. The lowest BCUT2D eigenvalue weighted by Crippen LogP contribution is -2.41. The molecular formula is C11H16N2O4. The van der Waals surface area contributed by atoms with Gasteiger partial charge in [0.2, 0.25) is 6.54 Å². The van der Waals surface area contributed by atoms with Gasteiger partial charge in [-0.1, -0.05) is 6.92 Å². The number of esters is 1. The van der Waals surface area contributed by atoms with E-state index in [1.165, 1.54) is 0 Å². The Hall–Kier alpha value is -1.64. The summed E-state index contributed by atoms with van der Waals surface area (Å²) < 4.78 is 4.82. The van der Waals surface area contributed by atoms with Crippen molar-refractivity contribution >= 4 is 5.97 Å². The lowest BCUT2D eigenvalue weighted by atomic mass is 9.73. The molecule has 0 aliphatic heterocycles. The maximum atomic E-state index is 11.7.